The first-order chi connectivity index (χ1) is 7.85. The van der Waals surface area contributed by atoms with Crippen LogP contribution >= 0.6 is 0 Å². The van der Waals surface area contributed by atoms with Crippen LogP contribution in [0.2, 0.25) is 0 Å². The van der Waals surface area contributed by atoms with Gasteiger partial charge in [-0.3, -0.25) is 4.79 Å². The molecule has 1 saturated heterocycles. The molecule has 5 nitrogen and oxygen atoms in total. The predicted octanol–water partition coefficient (Wildman–Crippen LogP) is 1.38. The van der Waals surface area contributed by atoms with E-state index >= 15 is 0 Å². The van der Waals surface area contributed by atoms with Crippen molar-refractivity contribution in [3.8, 4) is 0 Å². The highest BCUT2D eigenvalue weighted by Crippen LogP contribution is 2.28. The maximum atomic E-state index is 11.6. The minimum Gasteiger partial charge on any atom is -0.455 e. The summed E-state index contributed by atoms with van der Waals surface area (Å²) in [6.45, 7) is 5.42. The molecule has 0 radical (unpaired) electrons. The number of amides is 1. The molecule has 1 aliphatic carbocycles. The lowest BCUT2D eigenvalue weighted by atomic mass is 9.87. The Morgan fingerprint density at radius 1 is 1.47 bits per heavy atom. The van der Waals surface area contributed by atoms with Crippen molar-refractivity contribution in [1.29, 1.82) is 0 Å². The molecule has 0 unspecified atom stereocenters. The fraction of sp³-hybridized carbons (Fsp3) is 0.667. The van der Waals surface area contributed by atoms with Crippen molar-refractivity contribution >= 4 is 12.1 Å². The molecule has 2 aliphatic heterocycles. The van der Waals surface area contributed by atoms with Gasteiger partial charge in [-0.2, -0.15) is 0 Å². The first-order valence-corrected chi connectivity index (χ1v) is 5.73. The van der Waals surface area contributed by atoms with E-state index in [4.69, 9.17) is 9.47 Å². The Labute approximate surface area is 100 Å². The molecule has 5 heteroatoms. The number of fused-ring (bicyclic) bond motifs is 2. The number of hydrogen-bond donors (Lipinski definition) is 1. The maximum Gasteiger partial charge on any atom is 0.408 e. The van der Waals surface area contributed by atoms with E-state index in [-0.39, 0.29) is 24.0 Å². The molecule has 1 fully saturated rings. The minimum absolute atomic E-state index is 0.183. The average Bonchev–Trinajstić information content (AvgIpc) is 2.16. The Morgan fingerprint density at radius 2 is 2.18 bits per heavy atom. The monoisotopic (exact) mass is 239 g/mol. The Bertz CT molecular complexity index is 369. The van der Waals surface area contributed by atoms with Crippen molar-refractivity contribution in [2.24, 2.45) is 5.92 Å². The van der Waals surface area contributed by atoms with E-state index in [9.17, 15) is 9.59 Å². The van der Waals surface area contributed by atoms with Crippen LogP contribution in [0.3, 0.4) is 0 Å². The van der Waals surface area contributed by atoms with E-state index in [2.05, 4.69) is 5.32 Å². The molecule has 0 saturated carbocycles. The molecule has 17 heavy (non-hydrogen) atoms. The summed E-state index contributed by atoms with van der Waals surface area (Å²) in [6.07, 6.45) is 3.40. The van der Waals surface area contributed by atoms with E-state index < -0.39 is 11.7 Å². The summed E-state index contributed by atoms with van der Waals surface area (Å²) in [7, 11) is 0. The normalized spacial score (nSPS) is 31.0. The van der Waals surface area contributed by atoms with Crippen LogP contribution in [0.15, 0.2) is 12.2 Å². The van der Waals surface area contributed by atoms with Gasteiger partial charge in [0.25, 0.3) is 0 Å². The van der Waals surface area contributed by atoms with Crippen molar-refractivity contribution in [2.75, 3.05) is 0 Å². The molecule has 1 N–H and O–H groups in total. The van der Waals surface area contributed by atoms with Gasteiger partial charge < -0.3 is 14.8 Å². The van der Waals surface area contributed by atoms with Gasteiger partial charge in [0.15, 0.2) is 0 Å². The van der Waals surface area contributed by atoms with Crippen LogP contribution in [0, 0.1) is 5.92 Å². The summed E-state index contributed by atoms with van der Waals surface area (Å²) in [5, 5.41) is 2.74. The molecule has 3 rings (SSSR count). The van der Waals surface area contributed by atoms with Gasteiger partial charge in [-0.05, 0) is 33.3 Å². The average molecular weight is 239 g/mol. The zero-order valence-electron chi connectivity index (χ0n) is 10.2. The van der Waals surface area contributed by atoms with Crippen LogP contribution in [-0.4, -0.2) is 29.8 Å². The fourth-order valence-corrected chi connectivity index (χ4v) is 1.98. The van der Waals surface area contributed by atoms with E-state index in [1.165, 1.54) is 0 Å². The number of nitrogens with one attached hydrogen (secondary N) is 1. The SMILES string of the molecule is CC(C)(C)OC(=O)N[C@H]1C[C@H]2C=C[C@@H]1OC2=O. The summed E-state index contributed by atoms with van der Waals surface area (Å²) in [5.41, 5.74) is -0.524. The summed E-state index contributed by atoms with van der Waals surface area (Å²) in [4.78, 5) is 22.9. The zero-order chi connectivity index (χ0) is 12.6. The molecule has 3 atom stereocenters. The second-order valence-corrected chi connectivity index (χ2v) is 5.38. The molecule has 0 aromatic rings. The van der Waals surface area contributed by atoms with E-state index in [0.717, 1.165) is 0 Å². The van der Waals surface area contributed by atoms with Crippen LogP contribution in [0.4, 0.5) is 4.79 Å². The van der Waals surface area contributed by atoms with Gasteiger partial charge in [0.05, 0.1) is 12.0 Å². The quantitative estimate of drug-likeness (QED) is 0.554. The lowest BCUT2D eigenvalue weighted by Crippen LogP contribution is -2.53. The van der Waals surface area contributed by atoms with Crippen LogP contribution < -0.4 is 5.32 Å². The highest BCUT2D eigenvalue weighted by molar-refractivity contribution is 5.78. The first-order valence-electron chi connectivity index (χ1n) is 5.73. The molecule has 94 valence electrons. The third-order valence-electron chi connectivity index (χ3n) is 2.69. The second-order valence-electron chi connectivity index (χ2n) is 5.38. The smallest absolute Gasteiger partial charge is 0.408 e. The van der Waals surface area contributed by atoms with Gasteiger partial charge in [0.1, 0.15) is 11.7 Å². The summed E-state index contributed by atoms with van der Waals surface area (Å²) < 4.78 is 10.3. The molecule has 2 bridgehead atoms. The van der Waals surface area contributed by atoms with E-state index in [1.807, 2.05) is 12.2 Å². The summed E-state index contributed by atoms with van der Waals surface area (Å²) >= 11 is 0. The molecule has 0 spiro atoms. The standard InChI is InChI=1S/C12H17NO4/c1-12(2,3)17-11(15)13-8-6-7-4-5-9(8)16-10(7)14/h4-5,7-9H,6H2,1-3H3,(H,13,15)/t7-,8+,9+/m1/s1. The van der Waals surface area contributed by atoms with Crippen molar-refractivity contribution in [3.63, 3.8) is 0 Å². The Hall–Kier alpha value is -1.52. The predicted molar refractivity (Wildman–Crippen MR) is 60.3 cm³/mol. The van der Waals surface area contributed by atoms with Crippen molar-refractivity contribution in [2.45, 2.75) is 44.9 Å². The lowest BCUT2D eigenvalue weighted by molar-refractivity contribution is -0.159. The minimum atomic E-state index is -0.524. The number of esters is 1. The molecule has 2 heterocycles. The van der Waals surface area contributed by atoms with Gasteiger partial charge in [0.2, 0.25) is 0 Å². The van der Waals surface area contributed by atoms with Crippen LogP contribution in [-0.2, 0) is 14.3 Å². The molecule has 3 aliphatic rings. The molecular weight excluding hydrogens is 222 g/mol. The van der Waals surface area contributed by atoms with Gasteiger partial charge >= 0.3 is 12.1 Å². The molecular formula is C12H17NO4. The van der Waals surface area contributed by atoms with Crippen LogP contribution in [0.1, 0.15) is 27.2 Å². The Kier molecular flexibility index (Phi) is 2.85. The maximum absolute atomic E-state index is 11.6. The van der Waals surface area contributed by atoms with Gasteiger partial charge in [-0.15, -0.1) is 0 Å². The number of rotatable bonds is 1. The third kappa shape index (κ3) is 2.78. The molecule has 0 aromatic heterocycles. The van der Waals surface area contributed by atoms with Crippen molar-refractivity contribution < 1.29 is 19.1 Å². The third-order valence-corrected chi connectivity index (χ3v) is 2.69. The van der Waals surface area contributed by atoms with Gasteiger partial charge in [-0.1, -0.05) is 6.08 Å². The van der Waals surface area contributed by atoms with Gasteiger partial charge in [-0.25, -0.2) is 4.79 Å². The van der Waals surface area contributed by atoms with Crippen LogP contribution in [0.5, 0.6) is 0 Å². The number of carbonyl (C=O) groups excluding carboxylic acids is 2. The number of hydrogen-bond acceptors (Lipinski definition) is 4. The number of carbonyl (C=O) groups is 2. The van der Waals surface area contributed by atoms with E-state index in [1.54, 1.807) is 20.8 Å². The van der Waals surface area contributed by atoms with E-state index in [0.29, 0.717) is 6.42 Å². The first kappa shape index (κ1) is 12.0. The highest BCUT2D eigenvalue weighted by atomic mass is 16.6. The Morgan fingerprint density at radius 3 is 2.65 bits per heavy atom. The second kappa shape index (κ2) is 4.05. The van der Waals surface area contributed by atoms with Gasteiger partial charge in [0, 0.05) is 0 Å². The van der Waals surface area contributed by atoms with Crippen molar-refractivity contribution in [3.05, 3.63) is 12.2 Å². The Balaban J connectivity index is 1.92. The summed E-state index contributed by atoms with van der Waals surface area (Å²) in [6, 6.07) is -0.183. The number of ether oxygens (including phenoxy) is 2. The summed E-state index contributed by atoms with van der Waals surface area (Å²) in [5.74, 6) is -0.445. The zero-order valence-corrected chi connectivity index (χ0v) is 10.2. The fourth-order valence-electron chi connectivity index (χ4n) is 1.98. The largest absolute Gasteiger partial charge is 0.455 e. The lowest BCUT2D eigenvalue weighted by Gasteiger charge is -2.37. The van der Waals surface area contributed by atoms with Crippen LogP contribution in [0.25, 0.3) is 0 Å². The van der Waals surface area contributed by atoms with Crippen molar-refractivity contribution in [1.82, 2.24) is 5.32 Å². The molecule has 0 aromatic carbocycles. The molecule has 1 amide bonds. The highest BCUT2D eigenvalue weighted by Gasteiger charge is 2.40. The number of alkyl carbamates (subject to hydrolysis) is 1. The topological polar surface area (TPSA) is 64.6 Å².